The SMILES string of the molecule is Cc1ccc(S(=O)(=O)O[C@@H]2C(O)[C@H](OS(=O)(=O)c3ccc(C)cc3)[C@H]3CO[C@@H]2O3)cc1. The molecular weight excluding hydrogens is 448 g/mol. The van der Waals surface area contributed by atoms with Crippen molar-refractivity contribution in [3.05, 3.63) is 59.7 Å². The number of fused-ring (bicyclic) bond motifs is 2. The summed E-state index contributed by atoms with van der Waals surface area (Å²) in [6, 6.07) is 11.9. The zero-order valence-electron chi connectivity index (χ0n) is 16.7. The van der Waals surface area contributed by atoms with Crippen LogP contribution in [0.5, 0.6) is 0 Å². The number of hydrogen-bond donors (Lipinski definition) is 1. The fourth-order valence-electron chi connectivity index (χ4n) is 3.39. The molecule has 2 aliphatic rings. The molecule has 4 rings (SSSR count). The van der Waals surface area contributed by atoms with Gasteiger partial charge in [0.25, 0.3) is 20.2 Å². The van der Waals surface area contributed by atoms with Crippen molar-refractivity contribution in [1.82, 2.24) is 0 Å². The topological polar surface area (TPSA) is 125 Å². The zero-order valence-corrected chi connectivity index (χ0v) is 18.4. The number of aliphatic hydroxyl groups is 1. The number of aryl methyl sites for hydroxylation is 2. The maximum atomic E-state index is 12.7. The molecule has 2 fully saturated rings. The van der Waals surface area contributed by atoms with Crippen LogP contribution in [-0.2, 0) is 38.1 Å². The van der Waals surface area contributed by atoms with Gasteiger partial charge in [-0.15, -0.1) is 0 Å². The van der Waals surface area contributed by atoms with Crippen LogP contribution in [0.1, 0.15) is 11.1 Å². The van der Waals surface area contributed by atoms with Crippen LogP contribution >= 0.6 is 0 Å². The number of aliphatic hydroxyl groups excluding tert-OH is 1. The second-order valence-electron chi connectivity index (χ2n) is 7.52. The van der Waals surface area contributed by atoms with Gasteiger partial charge in [0, 0.05) is 0 Å². The van der Waals surface area contributed by atoms with Crippen molar-refractivity contribution in [3.8, 4) is 0 Å². The maximum absolute atomic E-state index is 12.7. The third-order valence-electron chi connectivity index (χ3n) is 5.14. The van der Waals surface area contributed by atoms with Crippen LogP contribution in [-0.4, -0.2) is 59.3 Å². The lowest BCUT2D eigenvalue weighted by Crippen LogP contribution is -2.56. The number of rotatable bonds is 6. The zero-order chi connectivity index (χ0) is 22.4. The van der Waals surface area contributed by atoms with Crippen LogP contribution in [0, 0.1) is 13.8 Å². The Morgan fingerprint density at radius 1 is 0.806 bits per heavy atom. The Morgan fingerprint density at radius 3 is 1.74 bits per heavy atom. The standard InChI is InChI=1S/C20H22O9S2/c1-12-3-7-14(8-4-12)30(22,23)28-18-16-11-26-20(27-16)19(17(18)21)29-31(24,25)15-9-5-13(2)6-10-15/h3-10,16-21H,11H2,1-2H3/t16-,17?,18-,19-,20-/m1/s1. The molecule has 5 atom stereocenters. The molecule has 2 bridgehead atoms. The minimum absolute atomic E-state index is 0.0831. The molecule has 2 aromatic rings. The number of benzene rings is 2. The van der Waals surface area contributed by atoms with Gasteiger partial charge in [0.1, 0.15) is 18.3 Å². The Morgan fingerprint density at radius 2 is 1.26 bits per heavy atom. The lowest BCUT2D eigenvalue weighted by Gasteiger charge is -2.36. The Kier molecular flexibility index (Phi) is 5.94. The summed E-state index contributed by atoms with van der Waals surface area (Å²) in [5, 5.41) is 10.8. The average Bonchev–Trinajstić information content (AvgIpc) is 3.16. The molecule has 168 valence electrons. The highest BCUT2D eigenvalue weighted by atomic mass is 32.2. The Bertz CT molecular complexity index is 1050. The van der Waals surface area contributed by atoms with Crippen molar-refractivity contribution in [3.63, 3.8) is 0 Å². The largest absolute Gasteiger partial charge is 0.387 e. The van der Waals surface area contributed by atoms with Crippen molar-refractivity contribution in [2.24, 2.45) is 0 Å². The summed E-state index contributed by atoms with van der Waals surface area (Å²) in [7, 11) is -8.54. The lowest BCUT2D eigenvalue weighted by atomic mass is 10.0. The molecule has 11 heteroatoms. The Labute approximate surface area is 180 Å². The van der Waals surface area contributed by atoms with Crippen molar-refractivity contribution in [2.45, 2.75) is 54.3 Å². The van der Waals surface area contributed by atoms with Crippen LogP contribution < -0.4 is 0 Å². The molecule has 0 aromatic heterocycles. The van der Waals surface area contributed by atoms with E-state index in [1.165, 1.54) is 24.3 Å². The smallest absolute Gasteiger partial charge is 0.297 e. The summed E-state index contributed by atoms with van der Waals surface area (Å²) >= 11 is 0. The van der Waals surface area contributed by atoms with E-state index in [0.29, 0.717) is 0 Å². The normalized spacial score (nSPS) is 28.5. The predicted molar refractivity (Wildman–Crippen MR) is 107 cm³/mol. The Hall–Kier alpha value is -1.86. The number of ether oxygens (including phenoxy) is 2. The second kappa shape index (κ2) is 8.24. The molecular formula is C20H22O9S2. The number of hydrogen-bond acceptors (Lipinski definition) is 9. The molecule has 1 unspecified atom stereocenters. The molecule has 1 N–H and O–H groups in total. The van der Waals surface area contributed by atoms with Crippen LogP contribution in [0.2, 0.25) is 0 Å². The van der Waals surface area contributed by atoms with E-state index < -0.39 is 50.9 Å². The monoisotopic (exact) mass is 470 g/mol. The maximum Gasteiger partial charge on any atom is 0.297 e. The average molecular weight is 471 g/mol. The summed E-state index contributed by atoms with van der Waals surface area (Å²) in [5.74, 6) is 0. The van der Waals surface area contributed by atoms with Gasteiger partial charge in [0.05, 0.1) is 16.4 Å². The molecule has 2 aliphatic heterocycles. The van der Waals surface area contributed by atoms with E-state index in [1.54, 1.807) is 31.2 Å². The first-order valence-corrected chi connectivity index (χ1v) is 12.3. The van der Waals surface area contributed by atoms with Gasteiger partial charge in [-0.1, -0.05) is 35.4 Å². The molecule has 0 amide bonds. The quantitative estimate of drug-likeness (QED) is 0.621. The Balaban J connectivity index is 1.57. The molecule has 0 spiro atoms. The minimum atomic E-state index is -4.28. The molecule has 2 aromatic carbocycles. The van der Waals surface area contributed by atoms with Gasteiger partial charge < -0.3 is 14.6 Å². The lowest BCUT2D eigenvalue weighted by molar-refractivity contribution is -0.213. The third-order valence-corrected chi connectivity index (χ3v) is 7.79. The van der Waals surface area contributed by atoms with Crippen LogP contribution in [0.25, 0.3) is 0 Å². The van der Waals surface area contributed by atoms with E-state index in [9.17, 15) is 21.9 Å². The predicted octanol–water partition coefficient (Wildman–Crippen LogP) is 1.27. The second-order valence-corrected chi connectivity index (χ2v) is 10.7. The molecule has 0 saturated carbocycles. The fraction of sp³-hybridized carbons (Fsp3) is 0.400. The van der Waals surface area contributed by atoms with E-state index >= 15 is 0 Å². The summed E-state index contributed by atoms with van der Waals surface area (Å²) in [6.45, 7) is 3.53. The highest BCUT2D eigenvalue weighted by Crippen LogP contribution is 2.35. The van der Waals surface area contributed by atoms with Crippen molar-refractivity contribution >= 4 is 20.2 Å². The van der Waals surface area contributed by atoms with Gasteiger partial charge in [0.2, 0.25) is 0 Å². The third kappa shape index (κ3) is 4.53. The fourth-order valence-corrected chi connectivity index (χ4v) is 5.58. The van der Waals surface area contributed by atoms with Crippen molar-refractivity contribution in [1.29, 1.82) is 0 Å². The van der Waals surface area contributed by atoms with Crippen molar-refractivity contribution in [2.75, 3.05) is 6.61 Å². The van der Waals surface area contributed by atoms with Crippen LogP contribution in [0.3, 0.4) is 0 Å². The van der Waals surface area contributed by atoms with Gasteiger partial charge in [-0.2, -0.15) is 16.8 Å². The van der Waals surface area contributed by atoms with Gasteiger partial charge in [-0.3, -0.25) is 8.37 Å². The van der Waals surface area contributed by atoms with E-state index in [4.69, 9.17) is 17.8 Å². The highest BCUT2D eigenvalue weighted by Gasteiger charge is 2.54. The van der Waals surface area contributed by atoms with Gasteiger partial charge in [0.15, 0.2) is 12.4 Å². The first-order valence-electron chi connectivity index (χ1n) is 9.52. The summed E-state index contributed by atoms with van der Waals surface area (Å²) in [4.78, 5) is -0.216. The van der Waals surface area contributed by atoms with E-state index in [-0.39, 0.29) is 16.4 Å². The van der Waals surface area contributed by atoms with Crippen molar-refractivity contribution < 1.29 is 39.8 Å². The summed E-state index contributed by atoms with van der Waals surface area (Å²) < 4.78 is 72.1. The van der Waals surface area contributed by atoms with Crippen LogP contribution in [0.4, 0.5) is 0 Å². The minimum Gasteiger partial charge on any atom is -0.387 e. The first kappa shape index (κ1) is 22.3. The van der Waals surface area contributed by atoms with Crippen LogP contribution in [0.15, 0.2) is 58.3 Å². The molecule has 2 saturated heterocycles. The molecule has 31 heavy (non-hydrogen) atoms. The first-order chi connectivity index (χ1) is 14.6. The summed E-state index contributed by atoms with van der Waals surface area (Å²) in [5.41, 5.74) is 1.72. The molecule has 0 aliphatic carbocycles. The van der Waals surface area contributed by atoms with E-state index in [2.05, 4.69) is 0 Å². The van der Waals surface area contributed by atoms with Gasteiger partial charge >= 0.3 is 0 Å². The summed E-state index contributed by atoms with van der Waals surface area (Å²) in [6.07, 6.45) is -6.64. The van der Waals surface area contributed by atoms with Gasteiger partial charge in [-0.25, -0.2) is 0 Å². The van der Waals surface area contributed by atoms with E-state index in [0.717, 1.165) is 11.1 Å². The molecule has 2 heterocycles. The van der Waals surface area contributed by atoms with E-state index in [1.807, 2.05) is 6.92 Å². The molecule has 9 nitrogen and oxygen atoms in total. The van der Waals surface area contributed by atoms with Gasteiger partial charge in [-0.05, 0) is 38.1 Å². The highest BCUT2D eigenvalue weighted by molar-refractivity contribution is 7.87. The molecule has 0 radical (unpaired) electrons.